The van der Waals surface area contributed by atoms with Crippen LogP contribution < -0.4 is 4.72 Å². The number of esters is 1. The third-order valence-electron chi connectivity index (χ3n) is 4.05. The second kappa shape index (κ2) is 8.15. The third-order valence-corrected chi connectivity index (χ3v) is 5.42. The number of sulfonamides is 1. The van der Waals surface area contributed by atoms with Gasteiger partial charge in [-0.2, -0.15) is 5.26 Å². The summed E-state index contributed by atoms with van der Waals surface area (Å²) < 4.78 is 37.0. The van der Waals surface area contributed by atoms with Crippen LogP contribution in [0.2, 0.25) is 0 Å². The topological polar surface area (TPSA) is 109 Å². The standard InChI is InChI=1S/C20H18N2O5S/c1-2-3-11-28(24,25)22-15-8-6-14(7-9-15)19-17(13-21)20(23)27-18(19)12-16-5-4-10-26-16/h4-10,12,22H,2-3,11H2,1H3. The van der Waals surface area contributed by atoms with E-state index >= 15 is 0 Å². The average Bonchev–Trinajstić information content (AvgIpc) is 3.28. The Morgan fingerprint density at radius 1 is 1.21 bits per heavy atom. The number of nitriles is 1. The maximum atomic E-state index is 12.0. The van der Waals surface area contributed by atoms with Crippen molar-refractivity contribution in [3.05, 3.63) is 65.3 Å². The highest BCUT2D eigenvalue weighted by molar-refractivity contribution is 7.92. The summed E-state index contributed by atoms with van der Waals surface area (Å²) in [5.41, 5.74) is 1.18. The quantitative estimate of drug-likeness (QED) is 0.712. The first kappa shape index (κ1) is 19.5. The van der Waals surface area contributed by atoms with Crippen LogP contribution in [0.15, 0.2) is 58.4 Å². The van der Waals surface area contributed by atoms with Crippen LogP contribution in [0.4, 0.5) is 5.69 Å². The van der Waals surface area contributed by atoms with Crippen molar-refractivity contribution in [2.45, 2.75) is 19.8 Å². The van der Waals surface area contributed by atoms with Crippen LogP contribution in [0.25, 0.3) is 11.6 Å². The van der Waals surface area contributed by atoms with Crippen molar-refractivity contribution in [1.82, 2.24) is 0 Å². The van der Waals surface area contributed by atoms with Crippen molar-refractivity contribution in [2.24, 2.45) is 0 Å². The molecule has 2 aromatic rings. The lowest BCUT2D eigenvalue weighted by Crippen LogP contribution is -2.16. The number of anilines is 1. The molecule has 1 N–H and O–H groups in total. The van der Waals surface area contributed by atoms with E-state index in [0.29, 0.717) is 29.0 Å². The van der Waals surface area contributed by atoms with E-state index in [4.69, 9.17) is 9.15 Å². The predicted molar refractivity (Wildman–Crippen MR) is 104 cm³/mol. The van der Waals surface area contributed by atoms with Gasteiger partial charge in [0.2, 0.25) is 10.0 Å². The molecule has 1 aliphatic rings. The number of hydrogen-bond acceptors (Lipinski definition) is 6. The van der Waals surface area contributed by atoms with E-state index in [-0.39, 0.29) is 17.1 Å². The van der Waals surface area contributed by atoms with Crippen LogP contribution in [0.1, 0.15) is 31.1 Å². The number of allylic oxidation sites excluding steroid dienone is 1. The Bertz CT molecular complexity index is 1070. The van der Waals surface area contributed by atoms with Gasteiger partial charge in [-0.05, 0) is 36.2 Å². The second-order valence-electron chi connectivity index (χ2n) is 6.13. The van der Waals surface area contributed by atoms with Crippen molar-refractivity contribution in [1.29, 1.82) is 5.26 Å². The van der Waals surface area contributed by atoms with Crippen LogP contribution in [-0.2, 0) is 19.6 Å². The number of furan rings is 1. The number of nitrogens with one attached hydrogen (secondary N) is 1. The normalized spacial score (nSPS) is 15.6. The Kier molecular flexibility index (Phi) is 5.66. The minimum absolute atomic E-state index is 0.0490. The molecule has 1 aliphatic heterocycles. The van der Waals surface area contributed by atoms with E-state index in [0.717, 1.165) is 6.42 Å². The highest BCUT2D eigenvalue weighted by Crippen LogP contribution is 2.36. The largest absolute Gasteiger partial charge is 0.465 e. The summed E-state index contributed by atoms with van der Waals surface area (Å²) in [6, 6.07) is 11.7. The van der Waals surface area contributed by atoms with Gasteiger partial charge in [0, 0.05) is 17.3 Å². The zero-order valence-corrected chi connectivity index (χ0v) is 16.0. The SMILES string of the molecule is CCCCS(=O)(=O)Nc1ccc(C2=C(C#N)C(=O)OC2=Cc2ccco2)cc1. The molecular formula is C20H18N2O5S. The van der Waals surface area contributed by atoms with Gasteiger partial charge in [0.05, 0.1) is 12.0 Å². The lowest BCUT2D eigenvalue weighted by molar-refractivity contribution is -0.132. The zero-order valence-electron chi connectivity index (χ0n) is 15.1. The summed E-state index contributed by atoms with van der Waals surface area (Å²) in [5, 5.41) is 9.35. The van der Waals surface area contributed by atoms with Gasteiger partial charge < -0.3 is 9.15 Å². The minimum atomic E-state index is -3.41. The fraction of sp³-hybridized carbons (Fsp3) is 0.200. The van der Waals surface area contributed by atoms with Gasteiger partial charge in [-0.3, -0.25) is 4.72 Å². The maximum absolute atomic E-state index is 12.0. The smallest absolute Gasteiger partial charge is 0.355 e. The van der Waals surface area contributed by atoms with Gasteiger partial charge in [0.15, 0.2) is 0 Å². The van der Waals surface area contributed by atoms with Crippen molar-refractivity contribution in [3.8, 4) is 6.07 Å². The van der Waals surface area contributed by atoms with Crippen LogP contribution in [0, 0.1) is 11.3 Å². The Morgan fingerprint density at radius 2 is 1.96 bits per heavy atom. The molecule has 3 rings (SSSR count). The van der Waals surface area contributed by atoms with Crippen molar-refractivity contribution < 1.29 is 22.4 Å². The Hall–Kier alpha value is -3.31. The first-order chi connectivity index (χ1) is 13.4. The molecule has 0 saturated carbocycles. The average molecular weight is 398 g/mol. The van der Waals surface area contributed by atoms with E-state index in [1.54, 1.807) is 36.4 Å². The highest BCUT2D eigenvalue weighted by Gasteiger charge is 2.31. The number of carbonyl (C=O) groups is 1. The third kappa shape index (κ3) is 4.32. The Balaban J connectivity index is 1.91. The van der Waals surface area contributed by atoms with E-state index in [2.05, 4.69) is 4.72 Å². The number of cyclic esters (lactones) is 1. The molecule has 0 aliphatic carbocycles. The molecule has 8 heteroatoms. The van der Waals surface area contributed by atoms with E-state index in [1.807, 2.05) is 13.0 Å². The molecule has 1 aromatic carbocycles. The number of rotatable bonds is 7. The van der Waals surface area contributed by atoms with E-state index in [9.17, 15) is 18.5 Å². The van der Waals surface area contributed by atoms with Gasteiger partial charge in [-0.1, -0.05) is 25.5 Å². The van der Waals surface area contributed by atoms with Crippen LogP contribution in [0.3, 0.4) is 0 Å². The van der Waals surface area contributed by atoms with E-state index in [1.165, 1.54) is 12.3 Å². The molecule has 0 spiro atoms. The molecular weight excluding hydrogens is 380 g/mol. The molecule has 1 aromatic heterocycles. The summed E-state index contributed by atoms with van der Waals surface area (Å²) in [6.07, 6.45) is 4.37. The molecule has 0 amide bonds. The Morgan fingerprint density at radius 3 is 2.57 bits per heavy atom. The van der Waals surface area contributed by atoms with Gasteiger partial charge in [0.25, 0.3) is 0 Å². The van der Waals surface area contributed by atoms with Crippen molar-refractivity contribution >= 4 is 33.3 Å². The van der Waals surface area contributed by atoms with Crippen molar-refractivity contribution in [2.75, 3.05) is 10.5 Å². The molecule has 0 bridgehead atoms. The van der Waals surface area contributed by atoms with Crippen LogP contribution in [0.5, 0.6) is 0 Å². The number of hydrogen-bond donors (Lipinski definition) is 1. The summed E-state index contributed by atoms with van der Waals surface area (Å²) in [4.78, 5) is 12.0. The lowest BCUT2D eigenvalue weighted by atomic mass is 9.99. The molecule has 0 fully saturated rings. The maximum Gasteiger partial charge on any atom is 0.355 e. The summed E-state index contributed by atoms with van der Waals surface area (Å²) >= 11 is 0. The minimum Gasteiger partial charge on any atom is -0.465 e. The highest BCUT2D eigenvalue weighted by atomic mass is 32.2. The van der Waals surface area contributed by atoms with Gasteiger partial charge in [-0.15, -0.1) is 0 Å². The number of benzene rings is 1. The second-order valence-corrected chi connectivity index (χ2v) is 7.97. The predicted octanol–water partition coefficient (Wildman–Crippen LogP) is 3.70. The van der Waals surface area contributed by atoms with Crippen LogP contribution in [-0.4, -0.2) is 20.1 Å². The Labute approximate surface area is 163 Å². The molecule has 2 heterocycles. The number of unbranched alkanes of at least 4 members (excludes halogenated alkanes) is 1. The molecule has 0 unspecified atom stereocenters. The molecule has 0 radical (unpaired) electrons. The molecule has 28 heavy (non-hydrogen) atoms. The summed E-state index contributed by atoms with van der Waals surface area (Å²) in [7, 11) is -3.41. The number of ether oxygens (including phenoxy) is 1. The zero-order chi connectivity index (χ0) is 20.1. The van der Waals surface area contributed by atoms with Gasteiger partial charge in [-0.25, -0.2) is 13.2 Å². The summed E-state index contributed by atoms with van der Waals surface area (Å²) in [5.74, 6) is -0.0138. The van der Waals surface area contributed by atoms with Crippen molar-refractivity contribution in [3.63, 3.8) is 0 Å². The van der Waals surface area contributed by atoms with Gasteiger partial charge >= 0.3 is 5.97 Å². The van der Waals surface area contributed by atoms with Crippen LogP contribution >= 0.6 is 0 Å². The summed E-state index contributed by atoms with van der Waals surface area (Å²) in [6.45, 7) is 1.92. The lowest BCUT2D eigenvalue weighted by Gasteiger charge is -2.09. The fourth-order valence-electron chi connectivity index (χ4n) is 2.69. The molecule has 0 saturated heterocycles. The first-order valence-electron chi connectivity index (χ1n) is 8.66. The van der Waals surface area contributed by atoms with Gasteiger partial charge in [0.1, 0.15) is 23.2 Å². The fourth-order valence-corrected chi connectivity index (χ4v) is 3.96. The number of carbonyl (C=O) groups excluding carboxylic acids is 1. The first-order valence-corrected chi connectivity index (χ1v) is 10.3. The van der Waals surface area contributed by atoms with E-state index < -0.39 is 16.0 Å². The number of nitrogens with zero attached hydrogens (tertiary/aromatic N) is 1. The monoisotopic (exact) mass is 398 g/mol. The molecule has 7 nitrogen and oxygen atoms in total. The molecule has 144 valence electrons. The molecule has 0 atom stereocenters.